The Balaban J connectivity index is 1.73. The summed E-state index contributed by atoms with van der Waals surface area (Å²) in [5.41, 5.74) is -0.579. The Kier molecular flexibility index (Phi) is 7.31. The van der Waals surface area contributed by atoms with Crippen molar-refractivity contribution >= 4 is 43.1 Å². The highest BCUT2D eigenvalue weighted by Gasteiger charge is 2.31. The SMILES string of the molecule is N#CC(=CNc1ccc(Oc2ncc(C(F)(F)F)cc2Cl)cc1)S(=O)(=O)c1ccc(Br)cc1. The van der Waals surface area contributed by atoms with Gasteiger partial charge in [0.2, 0.25) is 15.7 Å². The minimum Gasteiger partial charge on any atom is -0.438 e. The number of sulfone groups is 1. The molecule has 33 heavy (non-hydrogen) atoms. The van der Waals surface area contributed by atoms with Crippen LogP contribution in [0.15, 0.2) is 81.3 Å². The first-order chi connectivity index (χ1) is 15.5. The van der Waals surface area contributed by atoms with Crippen LogP contribution in [-0.2, 0) is 16.0 Å². The van der Waals surface area contributed by atoms with Gasteiger partial charge in [0.25, 0.3) is 0 Å². The molecule has 170 valence electrons. The third-order valence-corrected chi connectivity index (χ3v) is 6.58. The number of ether oxygens (including phenoxy) is 1. The van der Waals surface area contributed by atoms with Crippen molar-refractivity contribution in [2.75, 3.05) is 5.32 Å². The number of nitrogens with one attached hydrogen (secondary N) is 1. The highest BCUT2D eigenvalue weighted by Crippen LogP contribution is 2.34. The Bertz CT molecular complexity index is 1340. The van der Waals surface area contributed by atoms with E-state index in [0.29, 0.717) is 22.4 Å². The third kappa shape index (κ3) is 6.04. The maximum Gasteiger partial charge on any atom is 0.417 e. The molecule has 0 spiro atoms. The van der Waals surface area contributed by atoms with E-state index < -0.39 is 26.5 Å². The number of rotatable bonds is 6. The van der Waals surface area contributed by atoms with Crippen molar-refractivity contribution in [3.63, 3.8) is 0 Å². The molecule has 0 saturated carbocycles. The standard InChI is InChI=1S/C21H12BrClF3N3O3S/c22-14-1-7-17(8-2-14)33(30,31)18(10-27)12-28-15-3-5-16(6-4-15)32-20-19(23)9-13(11-29-20)21(24,25)26/h1-9,11-12,28H. The number of pyridine rings is 1. The molecule has 0 saturated heterocycles. The van der Waals surface area contributed by atoms with E-state index in [1.165, 1.54) is 36.4 Å². The number of nitrogens with zero attached hydrogens (tertiary/aromatic N) is 2. The van der Waals surface area contributed by atoms with Crippen LogP contribution in [0.1, 0.15) is 5.56 Å². The van der Waals surface area contributed by atoms with Crippen LogP contribution in [0.25, 0.3) is 0 Å². The zero-order valence-electron chi connectivity index (χ0n) is 16.3. The van der Waals surface area contributed by atoms with Crippen molar-refractivity contribution < 1.29 is 26.3 Å². The monoisotopic (exact) mass is 557 g/mol. The Morgan fingerprint density at radius 1 is 1.15 bits per heavy atom. The zero-order valence-corrected chi connectivity index (χ0v) is 19.4. The number of aromatic nitrogens is 1. The molecule has 0 fully saturated rings. The van der Waals surface area contributed by atoms with Crippen LogP contribution in [0.2, 0.25) is 5.02 Å². The van der Waals surface area contributed by atoms with Gasteiger partial charge in [0.15, 0.2) is 4.91 Å². The van der Waals surface area contributed by atoms with Crippen molar-refractivity contribution in [2.24, 2.45) is 0 Å². The summed E-state index contributed by atoms with van der Waals surface area (Å²) in [6.45, 7) is 0. The fraction of sp³-hybridized carbons (Fsp3) is 0.0476. The van der Waals surface area contributed by atoms with Crippen LogP contribution in [0.4, 0.5) is 18.9 Å². The molecule has 12 heteroatoms. The van der Waals surface area contributed by atoms with Crippen molar-refractivity contribution in [1.29, 1.82) is 5.26 Å². The van der Waals surface area contributed by atoms with Gasteiger partial charge in [-0.2, -0.15) is 18.4 Å². The molecule has 1 aromatic heterocycles. The van der Waals surface area contributed by atoms with E-state index >= 15 is 0 Å². The smallest absolute Gasteiger partial charge is 0.417 e. The minimum absolute atomic E-state index is 0.0371. The molecular weight excluding hydrogens is 547 g/mol. The number of alkyl halides is 3. The largest absolute Gasteiger partial charge is 0.438 e. The summed E-state index contributed by atoms with van der Waals surface area (Å²) in [7, 11) is -4.02. The lowest BCUT2D eigenvalue weighted by Crippen LogP contribution is -2.06. The number of hydrogen-bond donors (Lipinski definition) is 1. The fourth-order valence-corrected chi connectivity index (χ4v) is 4.00. The van der Waals surface area contributed by atoms with Crippen LogP contribution in [0.3, 0.4) is 0 Å². The summed E-state index contributed by atoms with van der Waals surface area (Å²) in [6, 6.07) is 14.1. The molecule has 0 aliphatic carbocycles. The normalized spacial score (nSPS) is 12.2. The zero-order chi connectivity index (χ0) is 24.2. The van der Waals surface area contributed by atoms with E-state index in [-0.39, 0.29) is 21.5 Å². The summed E-state index contributed by atoms with van der Waals surface area (Å²) >= 11 is 9.04. The lowest BCUT2D eigenvalue weighted by molar-refractivity contribution is -0.137. The number of benzene rings is 2. The number of nitriles is 1. The molecule has 3 rings (SSSR count). The van der Waals surface area contributed by atoms with Crippen molar-refractivity contribution in [1.82, 2.24) is 4.98 Å². The molecule has 0 atom stereocenters. The van der Waals surface area contributed by atoms with E-state index in [2.05, 4.69) is 26.2 Å². The summed E-state index contributed by atoms with van der Waals surface area (Å²) in [4.78, 5) is 3.06. The lowest BCUT2D eigenvalue weighted by atomic mass is 10.3. The van der Waals surface area contributed by atoms with Crippen LogP contribution in [-0.4, -0.2) is 13.4 Å². The van der Waals surface area contributed by atoms with Crippen molar-refractivity contribution in [3.8, 4) is 17.7 Å². The molecule has 1 N–H and O–H groups in total. The molecular formula is C21H12BrClF3N3O3S. The predicted octanol–water partition coefficient (Wildman–Crippen LogP) is 6.56. The molecule has 0 aliphatic rings. The number of halogens is 5. The third-order valence-electron chi connectivity index (χ3n) is 4.10. The fourth-order valence-electron chi connectivity index (χ4n) is 2.45. The first-order valence-electron chi connectivity index (χ1n) is 8.89. The van der Waals surface area contributed by atoms with Gasteiger partial charge in [0.05, 0.1) is 10.5 Å². The van der Waals surface area contributed by atoms with Crippen LogP contribution in [0.5, 0.6) is 11.6 Å². The Morgan fingerprint density at radius 2 is 1.79 bits per heavy atom. The highest BCUT2D eigenvalue weighted by molar-refractivity contribution is 9.10. The first-order valence-corrected chi connectivity index (χ1v) is 11.5. The molecule has 0 aliphatic heterocycles. The number of anilines is 1. The number of hydrogen-bond acceptors (Lipinski definition) is 6. The average molecular weight is 559 g/mol. The van der Waals surface area contributed by atoms with Gasteiger partial charge in [0, 0.05) is 22.6 Å². The summed E-state index contributed by atoms with van der Waals surface area (Å²) in [5.74, 6) is 0.0132. The van der Waals surface area contributed by atoms with Gasteiger partial charge in [-0.25, -0.2) is 13.4 Å². The molecule has 2 aromatic carbocycles. The van der Waals surface area contributed by atoms with Crippen molar-refractivity contribution in [2.45, 2.75) is 11.1 Å². The second kappa shape index (κ2) is 9.82. The predicted molar refractivity (Wildman–Crippen MR) is 119 cm³/mol. The summed E-state index contributed by atoms with van der Waals surface area (Å²) < 4.78 is 69.4. The van der Waals surface area contributed by atoms with Gasteiger partial charge in [-0.3, -0.25) is 0 Å². The molecule has 1 heterocycles. The maximum absolute atomic E-state index is 12.7. The van der Waals surface area contributed by atoms with E-state index in [9.17, 15) is 26.9 Å². The highest BCUT2D eigenvalue weighted by atomic mass is 79.9. The molecule has 6 nitrogen and oxygen atoms in total. The van der Waals surface area contributed by atoms with Crippen molar-refractivity contribution in [3.05, 3.63) is 87.0 Å². The number of allylic oxidation sites excluding steroid dienone is 1. The van der Waals surface area contributed by atoms with Crippen LogP contribution < -0.4 is 10.1 Å². The van der Waals surface area contributed by atoms with Gasteiger partial charge in [-0.1, -0.05) is 27.5 Å². The lowest BCUT2D eigenvalue weighted by Gasteiger charge is -2.10. The molecule has 3 aromatic rings. The van der Waals surface area contributed by atoms with Gasteiger partial charge in [0.1, 0.15) is 16.8 Å². The van der Waals surface area contributed by atoms with Gasteiger partial charge in [-0.05, 0) is 54.6 Å². The van der Waals surface area contributed by atoms with Gasteiger partial charge in [-0.15, -0.1) is 0 Å². The van der Waals surface area contributed by atoms with E-state index in [4.69, 9.17) is 16.3 Å². The van der Waals surface area contributed by atoms with E-state index in [1.54, 1.807) is 18.2 Å². The second-order valence-electron chi connectivity index (χ2n) is 6.36. The first kappa shape index (κ1) is 24.6. The second-order valence-corrected chi connectivity index (χ2v) is 9.60. The van der Waals surface area contributed by atoms with E-state index in [1.807, 2.05) is 0 Å². The van der Waals surface area contributed by atoms with Crippen LogP contribution in [0, 0.1) is 11.3 Å². The quantitative estimate of drug-likeness (QED) is 0.345. The minimum atomic E-state index is -4.58. The van der Waals surface area contributed by atoms with Crippen LogP contribution >= 0.6 is 27.5 Å². The molecule has 0 amide bonds. The van der Waals surface area contributed by atoms with E-state index in [0.717, 1.165) is 6.20 Å². The molecule has 0 unspecified atom stereocenters. The van der Waals surface area contributed by atoms with Gasteiger partial charge < -0.3 is 10.1 Å². The van der Waals surface area contributed by atoms with Gasteiger partial charge >= 0.3 is 6.18 Å². The molecule has 0 bridgehead atoms. The Labute approximate surface area is 200 Å². The topological polar surface area (TPSA) is 92.1 Å². The average Bonchev–Trinajstić information content (AvgIpc) is 2.76. The summed E-state index contributed by atoms with van der Waals surface area (Å²) in [6.07, 6.45) is -2.91. The summed E-state index contributed by atoms with van der Waals surface area (Å²) in [5, 5.41) is 11.7. The molecule has 0 radical (unpaired) electrons. The Morgan fingerprint density at radius 3 is 2.33 bits per heavy atom. The Hall–Kier alpha value is -3.07. The maximum atomic E-state index is 12.7.